The van der Waals surface area contributed by atoms with Gasteiger partial charge in [0, 0.05) is 30.9 Å². The van der Waals surface area contributed by atoms with Gasteiger partial charge in [-0.3, -0.25) is 14.5 Å². The molecule has 4 amide bonds. The molecule has 3 atom stereocenters. The number of carbonyl (C=O) groups is 3. The number of piperidine rings is 1. The molecule has 2 N–H and O–H groups in total. The number of amides is 4. The number of urea groups is 1. The lowest BCUT2D eigenvalue weighted by Gasteiger charge is -2.36. The molecule has 1 aromatic carbocycles. The van der Waals surface area contributed by atoms with Gasteiger partial charge in [0.2, 0.25) is 11.8 Å². The van der Waals surface area contributed by atoms with Crippen LogP contribution in [0, 0.1) is 6.92 Å². The van der Waals surface area contributed by atoms with Gasteiger partial charge < -0.3 is 15.5 Å². The molecule has 1 saturated heterocycles. The maximum Gasteiger partial charge on any atom is 0.327 e. The molecule has 3 aliphatic heterocycles. The Morgan fingerprint density at radius 1 is 1.31 bits per heavy atom. The zero-order chi connectivity index (χ0) is 24.7. The quantitative estimate of drug-likeness (QED) is 0.623. The number of carbonyl (C=O) groups excluding carboxylic acids is 3. The van der Waals surface area contributed by atoms with Crippen molar-refractivity contribution in [1.82, 2.24) is 20.5 Å². The minimum atomic E-state index is -0.529. The first-order chi connectivity index (χ1) is 16.9. The lowest BCUT2D eigenvalue weighted by molar-refractivity contribution is -0.129. The van der Waals surface area contributed by atoms with Gasteiger partial charge in [-0.15, -0.1) is 0 Å². The van der Waals surface area contributed by atoms with Crippen molar-refractivity contribution in [2.45, 2.75) is 55.5 Å². The maximum atomic E-state index is 13.4. The lowest BCUT2D eigenvalue weighted by Crippen LogP contribution is -2.53. The van der Waals surface area contributed by atoms with Crippen molar-refractivity contribution in [2.24, 2.45) is 0 Å². The van der Waals surface area contributed by atoms with E-state index in [1.165, 1.54) is 23.4 Å². The van der Waals surface area contributed by atoms with Crippen LogP contribution in [-0.2, 0) is 16.0 Å². The van der Waals surface area contributed by atoms with Crippen molar-refractivity contribution in [1.29, 1.82) is 0 Å². The number of likely N-dealkylation sites (tertiary alicyclic amines) is 1. The van der Waals surface area contributed by atoms with Crippen molar-refractivity contribution in [3.8, 4) is 0 Å². The molecule has 3 aliphatic rings. The fourth-order valence-electron chi connectivity index (χ4n) is 5.16. The summed E-state index contributed by atoms with van der Waals surface area (Å²) in [5, 5.41) is 6.41. The molecule has 5 rings (SSSR count). The topological polar surface area (TPSA) is 94.6 Å². The number of pyridine rings is 1. The minimum absolute atomic E-state index is 0.123. The Hall–Kier alpha value is -3.33. The van der Waals surface area contributed by atoms with Crippen LogP contribution in [0.15, 0.2) is 48.1 Å². The molecule has 1 fully saturated rings. The Labute approximate surface area is 209 Å². The first kappa shape index (κ1) is 23.4. The fraction of sp³-hybridized carbons (Fsp3) is 0.385. The van der Waals surface area contributed by atoms with E-state index in [1.807, 2.05) is 25.1 Å². The summed E-state index contributed by atoms with van der Waals surface area (Å²) in [5.74, 6) is -0.276. The highest BCUT2D eigenvalue weighted by molar-refractivity contribution is 8.01. The molecule has 0 bridgehead atoms. The van der Waals surface area contributed by atoms with Crippen LogP contribution in [0.2, 0.25) is 0 Å². The van der Waals surface area contributed by atoms with Gasteiger partial charge in [0.05, 0.1) is 17.4 Å². The monoisotopic (exact) mass is 491 g/mol. The van der Waals surface area contributed by atoms with E-state index >= 15 is 0 Å². The van der Waals surface area contributed by atoms with Gasteiger partial charge in [0.15, 0.2) is 0 Å². The van der Waals surface area contributed by atoms with Gasteiger partial charge in [-0.1, -0.05) is 37.4 Å². The summed E-state index contributed by atoms with van der Waals surface area (Å²) in [6.07, 6.45) is 5.55. The zero-order valence-corrected chi connectivity index (χ0v) is 20.7. The van der Waals surface area contributed by atoms with Gasteiger partial charge in [0.1, 0.15) is 10.3 Å². The van der Waals surface area contributed by atoms with E-state index in [4.69, 9.17) is 0 Å². The molecular weight excluding hydrogens is 462 g/mol. The number of aromatic nitrogens is 1. The van der Waals surface area contributed by atoms with E-state index in [0.29, 0.717) is 13.1 Å². The number of aryl methyl sites for hydroxylation is 2. The number of nitrogens with zero attached hydrogens (tertiary/aromatic N) is 3. The third-order valence-corrected chi connectivity index (χ3v) is 8.22. The average Bonchev–Trinajstić information content (AvgIpc) is 3.24. The molecule has 2 unspecified atom stereocenters. The Bertz CT molecular complexity index is 1220. The van der Waals surface area contributed by atoms with Crippen LogP contribution in [0.25, 0.3) is 0 Å². The molecule has 4 heterocycles. The van der Waals surface area contributed by atoms with Gasteiger partial charge in [0.25, 0.3) is 0 Å². The first-order valence-corrected chi connectivity index (χ1v) is 12.9. The summed E-state index contributed by atoms with van der Waals surface area (Å²) in [6, 6.07) is 7.11. The van der Waals surface area contributed by atoms with E-state index in [1.54, 1.807) is 16.0 Å². The van der Waals surface area contributed by atoms with Crippen molar-refractivity contribution in [3.05, 3.63) is 59.8 Å². The van der Waals surface area contributed by atoms with E-state index in [2.05, 4.69) is 35.2 Å². The predicted molar refractivity (Wildman–Crippen MR) is 136 cm³/mol. The summed E-state index contributed by atoms with van der Waals surface area (Å²) in [5.41, 5.74) is 4.69. The number of nitrogens with one attached hydrogen (secondary N) is 2. The highest BCUT2D eigenvalue weighted by Gasteiger charge is 2.47. The number of thioether (sulfide) groups is 1. The molecule has 182 valence electrons. The SMILES string of the molecule is C=CC(=O)N1CCCC(NC(=O)[C@@H]2Sc3nccc4c3C2NC(=O)N4c2ccc(CC)cc2C)C1. The summed E-state index contributed by atoms with van der Waals surface area (Å²) in [4.78, 5) is 46.7. The molecule has 0 radical (unpaired) electrons. The third kappa shape index (κ3) is 4.18. The van der Waals surface area contributed by atoms with Crippen molar-refractivity contribution < 1.29 is 14.4 Å². The van der Waals surface area contributed by atoms with Gasteiger partial charge in [-0.2, -0.15) is 0 Å². The summed E-state index contributed by atoms with van der Waals surface area (Å²) in [6.45, 7) is 8.80. The van der Waals surface area contributed by atoms with Crippen LogP contribution < -0.4 is 15.5 Å². The number of anilines is 2. The van der Waals surface area contributed by atoms with Crippen LogP contribution in [0.5, 0.6) is 0 Å². The van der Waals surface area contributed by atoms with E-state index in [9.17, 15) is 14.4 Å². The third-order valence-electron chi connectivity index (χ3n) is 6.93. The number of benzene rings is 1. The summed E-state index contributed by atoms with van der Waals surface area (Å²) < 4.78 is 0. The molecule has 0 saturated carbocycles. The standard InChI is InChI=1S/C26H29N5O3S/c1-4-16-8-9-18(15(3)13-16)31-19-10-11-27-25-21(19)22(29-26(31)34)23(35-25)24(33)28-17-7-6-12-30(14-17)20(32)5-2/h5,8-11,13,17,22-23H,2,4,6-7,12,14H2,1,3H3,(H,28,33)(H,29,34)/t17?,22?,23-/m1/s1. The second-order valence-electron chi connectivity index (χ2n) is 9.16. The Morgan fingerprint density at radius 3 is 2.89 bits per heavy atom. The number of hydrogen-bond acceptors (Lipinski definition) is 5. The fourth-order valence-corrected chi connectivity index (χ4v) is 6.40. The summed E-state index contributed by atoms with van der Waals surface area (Å²) in [7, 11) is 0. The van der Waals surface area contributed by atoms with Crippen LogP contribution in [0.1, 0.15) is 42.5 Å². The van der Waals surface area contributed by atoms with Gasteiger partial charge in [-0.25, -0.2) is 9.78 Å². The Kier molecular flexibility index (Phi) is 6.27. The van der Waals surface area contributed by atoms with Gasteiger partial charge >= 0.3 is 6.03 Å². The second-order valence-corrected chi connectivity index (χ2v) is 10.3. The van der Waals surface area contributed by atoms with Crippen molar-refractivity contribution in [2.75, 3.05) is 18.0 Å². The Morgan fingerprint density at radius 2 is 2.14 bits per heavy atom. The van der Waals surface area contributed by atoms with E-state index in [-0.39, 0.29) is 23.9 Å². The zero-order valence-electron chi connectivity index (χ0n) is 19.9. The molecule has 0 aliphatic carbocycles. The summed E-state index contributed by atoms with van der Waals surface area (Å²) >= 11 is 1.38. The van der Waals surface area contributed by atoms with E-state index < -0.39 is 11.3 Å². The molecule has 35 heavy (non-hydrogen) atoms. The first-order valence-electron chi connectivity index (χ1n) is 12.0. The molecule has 0 spiro atoms. The largest absolute Gasteiger partial charge is 0.351 e. The molecule has 9 heteroatoms. The normalized spacial score (nSPS) is 22.9. The minimum Gasteiger partial charge on any atom is -0.351 e. The highest BCUT2D eigenvalue weighted by atomic mass is 32.2. The Balaban J connectivity index is 1.39. The molecular formula is C26H29N5O3S. The van der Waals surface area contributed by atoms with Crippen molar-refractivity contribution in [3.63, 3.8) is 0 Å². The van der Waals surface area contributed by atoms with Gasteiger partial charge in [-0.05, 0) is 55.5 Å². The predicted octanol–water partition coefficient (Wildman–Crippen LogP) is 3.62. The molecule has 8 nitrogen and oxygen atoms in total. The highest BCUT2D eigenvalue weighted by Crippen LogP contribution is 2.50. The maximum absolute atomic E-state index is 13.4. The second kappa shape index (κ2) is 9.37. The number of rotatable bonds is 5. The number of hydrogen-bond donors (Lipinski definition) is 2. The van der Waals surface area contributed by atoms with Crippen LogP contribution >= 0.6 is 11.8 Å². The average molecular weight is 492 g/mol. The molecule has 2 aromatic rings. The van der Waals surface area contributed by atoms with E-state index in [0.717, 1.165) is 46.8 Å². The van der Waals surface area contributed by atoms with Crippen molar-refractivity contribution >= 4 is 41.0 Å². The molecule has 1 aromatic heterocycles. The lowest BCUT2D eigenvalue weighted by atomic mass is 9.98. The van der Waals surface area contributed by atoms with Crippen LogP contribution in [0.3, 0.4) is 0 Å². The van der Waals surface area contributed by atoms with Crippen LogP contribution in [-0.4, -0.2) is 52.1 Å². The smallest absolute Gasteiger partial charge is 0.327 e. The van der Waals surface area contributed by atoms with Crippen LogP contribution in [0.4, 0.5) is 16.2 Å².